The van der Waals surface area contributed by atoms with E-state index in [4.69, 9.17) is 4.74 Å². The standard InChI is InChI=1S/C28H35N3O3/c1-20(2)17-21(3)31(24-9-10-26-23(18-24)11-14-29-26)28(33)22-12-15-30(16-13-22)27(32)19-34-25-7-5-4-6-8-25/h4-11,14,18,20-22,29H,12-13,15-17,19H2,1-3H3. The first kappa shape index (κ1) is 23.9. The topological polar surface area (TPSA) is 65.6 Å². The third-order valence-corrected chi connectivity index (χ3v) is 6.61. The molecule has 6 nitrogen and oxygen atoms in total. The van der Waals surface area contributed by atoms with Crippen LogP contribution < -0.4 is 9.64 Å². The second-order valence-corrected chi connectivity index (χ2v) is 9.69. The molecular weight excluding hydrogens is 426 g/mol. The number of carbonyl (C=O) groups is 2. The lowest BCUT2D eigenvalue weighted by Gasteiger charge is -2.37. The first-order valence-electron chi connectivity index (χ1n) is 12.3. The Balaban J connectivity index is 1.41. The summed E-state index contributed by atoms with van der Waals surface area (Å²) in [7, 11) is 0. The number of aromatic amines is 1. The molecule has 0 spiro atoms. The zero-order chi connectivity index (χ0) is 24.1. The van der Waals surface area contributed by atoms with Crippen molar-refractivity contribution in [2.75, 3.05) is 24.6 Å². The van der Waals surface area contributed by atoms with E-state index in [1.54, 1.807) is 0 Å². The second kappa shape index (κ2) is 10.8. The van der Waals surface area contributed by atoms with E-state index in [0.29, 0.717) is 37.6 Å². The molecule has 0 aliphatic carbocycles. The number of nitrogens with zero attached hydrogens (tertiary/aromatic N) is 2. The summed E-state index contributed by atoms with van der Waals surface area (Å²) in [4.78, 5) is 33.4. The predicted molar refractivity (Wildman–Crippen MR) is 136 cm³/mol. The Morgan fingerprint density at radius 3 is 2.50 bits per heavy atom. The number of rotatable bonds is 8. The number of H-pyrrole nitrogens is 1. The number of fused-ring (bicyclic) bond motifs is 1. The summed E-state index contributed by atoms with van der Waals surface area (Å²) in [5, 5.41) is 1.10. The zero-order valence-corrected chi connectivity index (χ0v) is 20.4. The van der Waals surface area contributed by atoms with Gasteiger partial charge in [-0.1, -0.05) is 32.0 Å². The Hall–Kier alpha value is -3.28. The highest BCUT2D eigenvalue weighted by molar-refractivity contribution is 5.98. The maximum absolute atomic E-state index is 13.8. The highest BCUT2D eigenvalue weighted by Crippen LogP contribution is 2.29. The monoisotopic (exact) mass is 461 g/mol. The molecule has 1 unspecified atom stereocenters. The number of hydrogen-bond acceptors (Lipinski definition) is 3. The Morgan fingerprint density at radius 2 is 1.79 bits per heavy atom. The van der Waals surface area contributed by atoms with Crippen LogP contribution in [0.5, 0.6) is 5.75 Å². The summed E-state index contributed by atoms with van der Waals surface area (Å²) < 4.78 is 5.62. The molecule has 0 radical (unpaired) electrons. The fourth-order valence-electron chi connectivity index (χ4n) is 4.90. The summed E-state index contributed by atoms with van der Waals surface area (Å²) in [5.41, 5.74) is 2.01. The minimum atomic E-state index is -0.0874. The SMILES string of the molecule is CC(C)CC(C)N(C(=O)C1CCN(C(=O)COc2ccccc2)CC1)c1ccc2[nH]ccc2c1. The van der Waals surface area contributed by atoms with E-state index in [1.165, 1.54) is 0 Å². The molecule has 1 saturated heterocycles. The number of anilines is 1. The van der Waals surface area contributed by atoms with Gasteiger partial charge in [0.25, 0.3) is 5.91 Å². The van der Waals surface area contributed by atoms with Gasteiger partial charge in [0.2, 0.25) is 5.91 Å². The quantitative estimate of drug-likeness (QED) is 0.498. The van der Waals surface area contributed by atoms with Gasteiger partial charge in [0.15, 0.2) is 6.61 Å². The lowest BCUT2D eigenvalue weighted by molar-refractivity contribution is -0.136. The minimum Gasteiger partial charge on any atom is -0.484 e. The molecule has 6 heteroatoms. The van der Waals surface area contributed by atoms with Crippen LogP contribution in [0, 0.1) is 11.8 Å². The van der Waals surface area contributed by atoms with Crippen molar-refractivity contribution in [3.05, 3.63) is 60.8 Å². The number of ether oxygens (including phenoxy) is 1. The second-order valence-electron chi connectivity index (χ2n) is 9.69. The summed E-state index contributed by atoms with van der Waals surface area (Å²) in [6.45, 7) is 7.70. The van der Waals surface area contributed by atoms with Crippen molar-refractivity contribution in [2.45, 2.75) is 46.1 Å². The van der Waals surface area contributed by atoms with Crippen molar-refractivity contribution < 1.29 is 14.3 Å². The highest BCUT2D eigenvalue weighted by Gasteiger charge is 2.33. The van der Waals surface area contributed by atoms with Gasteiger partial charge in [0.05, 0.1) is 0 Å². The van der Waals surface area contributed by atoms with Gasteiger partial charge in [-0.15, -0.1) is 0 Å². The van der Waals surface area contributed by atoms with Crippen molar-refractivity contribution in [2.24, 2.45) is 11.8 Å². The van der Waals surface area contributed by atoms with Crippen molar-refractivity contribution >= 4 is 28.4 Å². The molecule has 1 aliphatic rings. The van der Waals surface area contributed by atoms with E-state index in [-0.39, 0.29) is 30.4 Å². The molecule has 2 aromatic carbocycles. The van der Waals surface area contributed by atoms with Gasteiger partial charge in [0.1, 0.15) is 5.75 Å². The van der Waals surface area contributed by atoms with E-state index < -0.39 is 0 Å². The molecule has 1 aromatic heterocycles. The highest BCUT2D eigenvalue weighted by atomic mass is 16.5. The molecule has 1 atom stereocenters. The smallest absolute Gasteiger partial charge is 0.260 e. The Morgan fingerprint density at radius 1 is 1.06 bits per heavy atom. The van der Waals surface area contributed by atoms with Crippen molar-refractivity contribution in [1.29, 1.82) is 0 Å². The van der Waals surface area contributed by atoms with Crippen LogP contribution in [0.15, 0.2) is 60.8 Å². The molecule has 3 aromatic rings. The molecular formula is C28H35N3O3. The van der Waals surface area contributed by atoms with Crippen LogP contribution in [0.2, 0.25) is 0 Å². The third kappa shape index (κ3) is 5.61. The minimum absolute atomic E-state index is 0.0247. The van der Waals surface area contributed by atoms with Gasteiger partial charge >= 0.3 is 0 Å². The van der Waals surface area contributed by atoms with Crippen molar-refractivity contribution in [3.63, 3.8) is 0 Å². The van der Waals surface area contributed by atoms with Crippen LogP contribution in [0.4, 0.5) is 5.69 Å². The summed E-state index contributed by atoms with van der Waals surface area (Å²) >= 11 is 0. The number of benzene rings is 2. The molecule has 2 heterocycles. The average Bonchev–Trinajstić information content (AvgIpc) is 3.31. The van der Waals surface area contributed by atoms with E-state index in [9.17, 15) is 9.59 Å². The molecule has 1 aliphatic heterocycles. The normalized spacial score (nSPS) is 15.5. The Kier molecular flexibility index (Phi) is 7.56. The molecule has 0 bridgehead atoms. The van der Waals surface area contributed by atoms with E-state index in [1.807, 2.05) is 64.5 Å². The largest absolute Gasteiger partial charge is 0.484 e. The zero-order valence-electron chi connectivity index (χ0n) is 20.4. The lowest BCUT2D eigenvalue weighted by atomic mass is 9.93. The van der Waals surface area contributed by atoms with Gasteiger partial charge < -0.3 is 19.5 Å². The fraction of sp³-hybridized carbons (Fsp3) is 0.429. The van der Waals surface area contributed by atoms with Gasteiger partial charge in [-0.05, 0) is 68.5 Å². The van der Waals surface area contributed by atoms with E-state index >= 15 is 0 Å². The predicted octanol–water partition coefficient (Wildman–Crippen LogP) is 5.25. The van der Waals surface area contributed by atoms with Crippen LogP contribution in [-0.4, -0.2) is 47.4 Å². The lowest BCUT2D eigenvalue weighted by Crippen LogP contribution is -2.48. The number of amides is 2. The number of para-hydroxylation sites is 1. The molecule has 2 amide bonds. The molecule has 4 rings (SSSR count). The van der Waals surface area contributed by atoms with Crippen LogP contribution >= 0.6 is 0 Å². The van der Waals surface area contributed by atoms with Gasteiger partial charge in [-0.2, -0.15) is 0 Å². The number of piperidine rings is 1. The third-order valence-electron chi connectivity index (χ3n) is 6.61. The van der Waals surface area contributed by atoms with Crippen LogP contribution in [0.25, 0.3) is 10.9 Å². The Bertz CT molecular complexity index is 1100. The Labute approximate surface area is 201 Å². The number of likely N-dealkylation sites (tertiary alicyclic amines) is 1. The number of carbonyl (C=O) groups excluding carboxylic acids is 2. The molecule has 0 saturated carbocycles. The van der Waals surface area contributed by atoms with Crippen LogP contribution in [0.1, 0.15) is 40.0 Å². The first-order valence-corrected chi connectivity index (χ1v) is 12.3. The summed E-state index contributed by atoms with van der Waals surface area (Å²) in [6.07, 6.45) is 4.21. The molecule has 1 fully saturated rings. The molecule has 180 valence electrons. The summed E-state index contributed by atoms with van der Waals surface area (Å²) in [5.74, 6) is 1.23. The molecule has 1 N–H and O–H groups in total. The fourth-order valence-corrected chi connectivity index (χ4v) is 4.90. The van der Waals surface area contributed by atoms with Gasteiger partial charge in [-0.3, -0.25) is 9.59 Å². The van der Waals surface area contributed by atoms with Crippen molar-refractivity contribution in [3.8, 4) is 5.75 Å². The number of nitrogens with one attached hydrogen (secondary N) is 1. The number of hydrogen-bond donors (Lipinski definition) is 1. The average molecular weight is 462 g/mol. The first-order chi connectivity index (χ1) is 16.4. The van der Waals surface area contributed by atoms with E-state index in [0.717, 1.165) is 23.0 Å². The summed E-state index contributed by atoms with van der Waals surface area (Å²) in [6, 6.07) is 17.7. The molecule has 34 heavy (non-hydrogen) atoms. The van der Waals surface area contributed by atoms with Crippen LogP contribution in [0.3, 0.4) is 0 Å². The van der Waals surface area contributed by atoms with E-state index in [2.05, 4.69) is 31.8 Å². The number of aromatic nitrogens is 1. The van der Waals surface area contributed by atoms with Crippen LogP contribution in [-0.2, 0) is 9.59 Å². The maximum atomic E-state index is 13.8. The van der Waals surface area contributed by atoms with Gasteiger partial charge in [0, 0.05) is 47.8 Å². The van der Waals surface area contributed by atoms with Crippen molar-refractivity contribution in [1.82, 2.24) is 9.88 Å². The van der Waals surface area contributed by atoms with Gasteiger partial charge in [-0.25, -0.2) is 0 Å². The maximum Gasteiger partial charge on any atom is 0.260 e.